The molecule has 1 aliphatic heterocycles. The lowest BCUT2D eigenvalue weighted by Crippen LogP contribution is -2.29. The van der Waals surface area contributed by atoms with E-state index in [4.69, 9.17) is 9.47 Å². The first-order valence-electron chi connectivity index (χ1n) is 8.01. The summed E-state index contributed by atoms with van der Waals surface area (Å²) in [5.41, 5.74) is 0.812. The maximum atomic E-state index is 12.9. The molecule has 6 nitrogen and oxygen atoms in total. The minimum Gasteiger partial charge on any atom is -0.465 e. The van der Waals surface area contributed by atoms with Crippen molar-refractivity contribution in [2.75, 3.05) is 19.5 Å². The Morgan fingerprint density at radius 3 is 3.00 bits per heavy atom. The fourth-order valence-corrected chi connectivity index (χ4v) is 3.57. The molecule has 0 bridgehead atoms. The van der Waals surface area contributed by atoms with Crippen LogP contribution in [0.2, 0.25) is 0 Å². The van der Waals surface area contributed by atoms with E-state index in [2.05, 4.69) is 4.98 Å². The molecule has 1 aromatic heterocycles. The van der Waals surface area contributed by atoms with Gasteiger partial charge in [-0.25, -0.2) is 9.78 Å². The Bertz CT molecular complexity index is 812. The molecule has 0 unspecified atom stereocenters. The highest BCUT2D eigenvalue weighted by Gasteiger charge is 2.20. The molecule has 24 heavy (non-hydrogen) atoms. The number of hydrogen-bond acceptors (Lipinski definition) is 6. The summed E-state index contributed by atoms with van der Waals surface area (Å²) in [5.74, 6) is 0.368. The molecular weight excluding hydrogens is 328 g/mol. The van der Waals surface area contributed by atoms with Crippen molar-refractivity contribution < 1.29 is 14.3 Å². The van der Waals surface area contributed by atoms with Gasteiger partial charge in [0, 0.05) is 6.61 Å². The summed E-state index contributed by atoms with van der Waals surface area (Å²) in [7, 11) is 1.33. The molecule has 0 aliphatic carbocycles. The molecule has 1 aliphatic rings. The maximum absolute atomic E-state index is 12.9. The van der Waals surface area contributed by atoms with Crippen LogP contribution in [0.25, 0.3) is 10.9 Å². The van der Waals surface area contributed by atoms with Crippen molar-refractivity contribution in [1.29, 1.82) is 0 Å². The van der Waals surface area contributed by atoms with Gasteiger partial charge in [0.1, 0.15) is 0 Å². The van der Waals surface area contributed by atoms with Gasteiger partial charge in [0.2, 0.25) is 0 Å². The lowest BCUT2D eigenvalue weighted by atomic mass is 10.1. The Labute approximate surface area is 144 Å². The number of carbonyl (C=O) groups is 1. The van der Waals surface area contributed by atoms with Gasteiger partial charge in [0.05, 0.1) is 36.2 Å². The van der Waals surface area contributed by atoms with E-state index in [1.165, 1.54) is 18.9 Å². The minimum absolute atomic E-state index is 0.0625. The molecule has 1 atom stereocenters. The molecule has 0 amide bonds. The Morgan fingerprint density at radius 2 is 2.33 bits per heavy atom. The first kappa shape index (κ1) is 17.0. The second-order valence-electron chi connectivity index (χ2n) is 5.60. The third kappa shape index (κ3) is 3.32. The van der Waals surface area contributed by atoms with Gasteiger partial charge >= 0.3 is 5.97 Å². The fraction of sp³-hybridized carbons (Fsp3) is 0.471. The highest BCUT2D eigenvalue weighted by atomic mass is 32.2. The van der Waals surface area contributed by atoms with Crippen molar-refractivity contribution in [1.82, 2.24) is 9.55 Å². The predicted octanol–water partition coefficient (Wildman–Crippen LogP) is 2.47. The average Bonchev–Trinajstić information content (AvgIpc) is 3.10. The van der Waals surface area contributed by atoms with Crippen LogP contribution < -0.4 is 5.56 Å². The van der Waals surface area contributed by atoms with E-state index in [1.54, 1.807) is 22.8 Å². The molecule has 7 heteroatoms. The predicted molar refractivity (Wildman–Crippen MR) is 92.7 cm³/mol. The number of aromatic nitrogens is 2. The van der Waals surface area contributed by atoms with Crippen molar-refractivity contribution in [3.05, 3.63) is 34.1 Å². The van der Waals surface area contributed by atoms with E-state index >= 15 is 0 Å². The number of nitrogens with zero attached hydrogens (tertiary/aromatic N) is 2. The third-order valence-electron chi connectivity index (χ3n) is 4.03. The molecule has 0 saturated carbocycles. The minimum atomic E-state index is -0.438. The summed E-state index contributed by atoms with van der Waals surface area (Å²) in [6.45, 7) is 3.28. The van der Waals surface area contributed by atoms with E-state index < -0.39 is 5.97 Å². The number of carbonyl (C=O) groups excluding carboxylic acids is 1. The van der Waals surface area contributed by atoms with Gasteiger partial charge in [-0.2, -0.15) is 0 Å². The molecule has 0 spiro atoms. The maximum Gasteiger partial charge on any atom is 0.337 e. The zero-order valence-corrected chi connectivity index (χ0v) is 14.6. The quantitative estimate of drug-likeness (QED) is 0.470. The van der Waals surface area contributed by atoms with E-state index in [0.29, 0.717) is 28.2 Å². The van der Waals surface area contributed by atoms with Gasteiger partial charge in [0.15, 0.2) is 5.16 Å². The topological polar surface area (TPSA) is 70.4 Å². The molecule has 2 aromatic rings. The van der Waals surface area contributed by atoms with Crippen molar-refractivity contribution in [3.63, 3.8) is 0 Å². The second kappa shape index (κ2) is 7.36. The van der Waals surface area contributed by atoms with Gasteiger partial charge in [-0.1, -0.05) is 18.7 Å². The highest BCUT2D eigenvalue weighted by Crippen LogP contribution is 2.21. The standard InChI is InChI=1S/C17H20N2O4S/c1-3-24-17-18-14-9-11(16(21)22-2)6-7-13(14)15(20)19(17)10-12-5-4-8-23-12/h6-7,9,12H,3-5,8,10H2,1-2H3/t12-/m1/s1. The van der Waals surface area contributed by atoms with Gasteiger partial charge < -0.3 is 9.47 Å². The largest absolute Gasteiger partial charge is 0.465 e. The van der Waals surface area contributed by atoms with E-state index in [0.717, 1.165) is 25.2 Å². The Hall–Kier alpha value is -1.86. The smallest absolute Gasteiger partial charge is 0.337 e. The molecule has 1 aromatic carbocycles. The number of esters is 1. The average molecular weight is 348 g/mol. The van der Waals surface area contributed by atoms with Crippen LogP contribution in [0.4, 0.5) is 0 Å². The summed E-state index contributed by atoms with van der Waals surface area (Å²) < 4.78 is 12.1. The zero-order valence-electron chi connectivity index (χ0n) is 13.8. The van der Waals surface area contributed by atoms with Crippen molar-refractivity contribution in [2.45, 2.75) is 37.6 Å². The van der Waals surface area contributed by atoms with Crippen LogP contribution in [0, 0.1) is 0 Å². The van der Waals surface area contributed by atoms with Crippen molar-refractivity contribution in [3.8, 4) is 0 Å². The number of methoxy groups -OCH3 is 1. The number of ether oxygens (including phenoxy) is 2. The van der Waals surface area contributed by atoms with Crippen LogP contribution >= 0.6 is 11.8 Å². The van der Waals surface area contributed by atoms with E-state index in [9.17, 15) is 9.59 Å². The van der Waals surface area contributed by atoms with Gasteiger partial charge in [-0.05, 0) is 36.8 Å². The second-order valence-corrected chi connectivity index (χ2v) is 6.83. The lowest BCUT2D eigenvalue weighted by molar-refractivity contribution is 0.0601. The fourth-order valence-electron chi connectivity index (χ4n) is 2.84. The Morgan fingerprint density at radius 1 is 1.50 bits per heavy atom. The van der Waals surface area contributed by atoms with Crippen molar-refractivity contribution in [2.24, 2.45) is 0 Å². The summed E-state index contributed by atoms with van der Waals surface area (Å²) >= 11 is 1.51. The van der Waals surface area contributed by atoms with Crippen LogP contribution in [-0.4, -0.2) is 41.1 Å². The number of thioether (sulfide) groups is 1. The van der Waals surface area contributed by atoms with Crippen LogP contribution in [0.3, 0.4) is 0 Å². The Kier molecular flexibility index (Phi) is 5.20. The van der Waals surface area contributed by atoms with E-state index in [-0.39, 0.29) is 11.7 Å². The third-order valence-corrected chi connectivity index (χ3v) is 4.88. The summed E-state index contributed by atoms with van der Waals surface area (Å²) in [6.07, 6.45) is 2.05. The lowest BCUT2D eigenvalue weighted by Gasteiger charge is -2.16. The zero-order chi connectivity index (χ0) is 17.1. The number of benzene rings is 1. The molecular formula is C17H20N2O4S. The van der Waals surface area contributed by atoms with Crippen LogP contribution in [-0.2, 0) is 16.0 Å². The molecule has 1 saturated heterocycles. The SMILES string of the molecule is CCSc1nc2cc(C(=O)OC)ccc2c(=O)n1C[C@H]1CCCO1. The van der Waals surface area contributed by atoms with Gasteiger partial charge in [-0.3, -0.25) is 9.36 Å². The molecule has 128 valence electrons. The Balaban J connectivity index is 2.09. The number of fused-ring (bicyclic) bond motifs is 1. The van der Waals surface area contributed by atoms with Crippen LogP contribution in [0.5, 0.6) is 0 Å². The first-order chi connectivity index (χ1) is 11.6. The monoisotopic (exact) mass is 348 g/mol. The first-order valence-corrected chi connectivity index (χ1v) is 9.00. The molecule has 0 N–H and O–H groups in total. The molecule has 2 heterocycles. The van der Waals surface area contributed by atoms with E-state index in [1.807, 2.05) is 6.92 Å². The van der Waals surface area contributed by atoms with Crippen LogP contribution in [0.15, 0.2) is 28.2 Å². The molecule has 0 radical (unpaired) electrons. The summed E-state index contributed by atoms with van der Waals surface area (Å²) in [6, 6.07) is 4.85. The normalized spacial score (nSPS) is 17.3. The molecule has 1 fully saturated rings. The number of hydrogen-bond donors (Lipinski definition) is 0. The molecule has 3 rings (SSSR count). The van der Waals surface area contributed by atoms with Gasteiger partial charge in [-0.15, -0.1) is 0 Å². The van der Waals surface area contributed by atoms with Crippen LogP contribution in [0.1, 0.15) is 30.1 Å². The summed E-state index contributed by atoms with van der Waals surface area (Å²) in [4.78, 5) is 29.2. The summed E-state index contributed by atoms with van der Waals surface area (Å²) in [5, 5.41) is 1.16. The number of rotatable bonds is 5. The van der Waals surface area contributed by atoms with Gasteiger partial charge in [0.25, 0.3) is 5.56 Å². The van der Waals surface area contributed by atoms with Crippen molar-refractivity contribution >= 4 is 28.6 Å². The highest BCUT2D eigenvalue weighted by molar-refractivity contribution is 7.99.